The Hall–Kier alpha value is -15.8. The van der Waals surface area contributed by atoms with E-state index in [1.54, 1.807) is 0 Å². The molecule has 4 aromatic heterocycles. The van der Waals surface area contributed by atoms with E-state index in [1.165, 1.54) is 87.1 Å². The van der Waals surface area contributed by atoms with Crippen LogP contribution in [0.25, 0.3) is 176 Å². The Morgan fingerprint density at radius 1 is 0.127 bits per heavy atom. The molecule has 19 aromatic carbocycles. The number of benzene rings is 19. The number of anilines is 6. The number of hydrogen-bond donors (Lipinski definition) is 0. The van der Waals surface area contributed by atoms with E-state index >= 15 is 0 Å². The fourth-order valence-corrected chi connectivity index (χ4v) is 18.5. The number of nitrogens with zero attached hydrogens (tertiary/aromatic N) is 6. The summed E-state index contributed by atoms with van der Waals surface area (Å²) >= 11 is 0. The summed E-state index contributed by atoms with van der Waals surface area (Å²) in [7, 11) is 0. The lowest BCUT2D eigenvalue weighted by Gasteiger charge is -2.26. The first kappa shape index (κ1) is 67.9. The van der Waals surface area contributed by atoms with Crippen molar-refractivity contribution in [2.24, 2.45) is 0 Å². The van der Waals surface area contributed by atoms with Crippen molar-refractivity contribution in [1.82, 2.24) is 18.3 Å². The highest BCUT2D eigenvalue weighted by Crippen LogP contribution is 2.47. The van der Waals surface area contributed by atoms with Crippen LogP contribution in [-0.4, -0.2) is 18.3 Å². The third-order valence-corrected chi connectivity index (χ3v) is 24.1. The summed E-state index contributed by atoms with van der Waals surface area (Å²) in [6, 6.07) is 165. The van der Waals surface area contributed by atoms with Crippen molar-refractivity contribution >= 4 is 132 Å². The van der Waals surface area contributed by atoms with Gasteiger partial charge in [0.15, 0.2) is 0 Å². The largest absolute Gasteiger partial charge is 0.310 e. The molecule has 552 valence electrons. The van der Waals surface area contributed by atoms with Crippen LogP contribution in [0.3, 0.4) is 0 Å². The van der Waals surface area contributed by atoms with Crippen LogP contribution >= 0.6 is 0 Å². The van der Waals surface area contributed by atoms with Crippen molar-refractivity contribution in [3.8, 4) is 78.4 Å². The van der Waals surface area contributed by atoms with Gasteiger partial charge in [-0.15, -0.1) is 0 Å². The second-order valence-electron chi connectivity index (χ2n) is 30.8. The molecule has 0 saturated heterocycles. The van der Waals surface area contributed by atoms with Crippen LogP contribution in [0.5, 0.6) is 0 Å². The van der Waals surface area contributed by atoms with E-state index in [0.717, 1.165) is 123 Å². The van der Waals surface area contributed by atoms with Crippen molar-refractivity contribution in [3.05, 3.63) is 449 Å². The van der Waals surface area contributed by atoms with Crippen molar-refractivity contribution < 1.29 is 0 Å². The van der Waals surface area contributed by atoms with Gasteiger partial charge in [-0.3, -0.25) is 0 Å². The monoisotopic (exact) mass is 1500 g/mol. The maximum absolute atomic E-state index is 2.47. The fourth-order valence-electron chi connectivity index (χ4n) is 18.5. The zero-order valence-electron chi connectivity index (χ0n) is 64.4. The van der Waals surface area contributed by atoms with Crippen LogP contribution in [0.2, 0.25) is 0 Å². The summed E-state index contributed by atoms with van der Waals surface area (Å²) in [6.45, 7) is 0. The third kappa shape index (κ3) is 11.6. The first-order valence-corrected chi connectivity index (χ1v) is 40.5. The molecule has 0 unspecified atom stereocenters. The van der Waals surface area contributed by atoms with E-state index in [0.29, 0.717) is 0 Å². The summed E-state index contributed by atoms with van der Waals surface area (Å²) in [6.07, 6.45) is 0. The van der Waals surface area contributed by atoms with Gasteiger partial charge in [-0.2, -0.15) is 0 Å². The lowest BCUT2D eigenvalue weighted by atomic mass is 10.00. The van der Waals surface area contributed by atoms with Crippen LogP contribution < -0.4 is 9.80 Å². The summed E-state index contributed by atoms with van der Waals surface area (Å²) in [4.78, 5) is 4.85. The van der Waals surface area contributed by atoms with Gasteiger partial charge < -0.3 is 28.1 Å². The zero-order chi connectivity index (χ0) is 77.7. The van der Waals surface area contributed by atoms with Crippen LogP contribution in [-0.2, 0) is 0 Å². The predicted octanol–water partition coefficient (Wildman–Crippen LogP) is 30.5. The van der Waals surface area contributed by atoms with Gasteiger partial charge in [-0.25, -0.2) is 0 Å². The Kier molecular flexibility index (Phi) is 16.2. The normalized spacial score (nSPS) is 11.7. The Morgan fingerprint density at radius 2 is 0.415 bits per heavy atom. The number of para-hydroxylation sites is 5. The maximum Gasteiger partial charge on any atom is 0.0561 e. The molecule has 23 rings (SSSR count). The molecule has 0 amide bonds. The fraction of sp³-hybridized carbons (Fsp3) is 0. The first-order chi connectivity index (χ1) is 58.5. The molecule has 0 N–H and O–H groups in total. The van der Waals surface area contributed by atoms with Crippen molar-refractivity contribution in [3.63, 3.8) is 0 Å². The second-order valence-corrected chi connectivity index (χ2v) is 30.8. The minimum atomic E-state index is 1.05. The lowest BCUT2D eigenvalue weighted by molar-refractivity contribution is 1.18. The van der Waals surface area contributed by atoms with Crippen molar-refractivity contribution in [1.29, 1.82) is 0 Å². The van der Waals surface area contributed by atoms with E-state index in [2.05, 4.69) is 477 Å². The van der Waals surface area contributed by atoms with Gasteiger partial charge in [-0.1, -0.05) is 285 Å². The van der Waals surface area contributed by atoms with Crippen molar-refractivity contribution in [2.45, 2.75) is 0 Å². The average Bonchev–Trinajstić information content (AvgIpc) is 1.59. The highest BCUT2D eigenvalue weighted by molar-refractivity contribution is 6.16. The summed E-state index contributed by atoms with van der Waals surface area (Å²) in [5, 5.41) is 12.0. The van der Waals surface area contributed by atoms with Crippen LogP contribution in [0.15, 0.2) is 449 Å². The van der Waals surface area contributed by atoms with Gasteiger partial charge in [0.25, 0.3) is 0 Å². The van der Waals surface area contributed by atoms with E-state index in [1.807, 2.05) is 0 Å². The summed E-state index contributed by atoms with van der Waals surface area (Å²) in [5.41, 5.74) is 31.5. The molecule has 6 nitrogen and oxygen atoms in total. The number of aromatic nitrogens is 4. The molecule has 0 atom stereocenters. The zero-order valence-corrected chi connectivity index (χ0v) is 64.4. The molecule has 0 bridgehead atoms. The van der Waals surface area contributed by atoms with E-state index in [4.69, 9.17) is 0 Å². The number of hydrogen-bond acceptors (Lipinski definition) is 2. The molecule has 0 spiro atoms. The molecule has 0 aliphatic heterocycles. The third-order valence-electron chi connectivity index (χ3n) is 24.1. The molecule has 118 heavy (non-hydrogen) atoms. The SMILES string of the molecule is c1ccc(-c2ccc(N(c3cccc(-c4ccc5c6ccc(-c7ccc8c(c7)c7ccc(N(c9ccc(-c%10ccccc%10)cc9)c9cccc(-c%10ccc%11c%12ccccc%12n(-c%12ccccc%12)c%11c%10)c9)cc7n8-c7ccccc7)cc6n(-c6ccccc6)c5c4)c3)c3ccc4c5ccccc5n(-c5ccc6ccccc6c5)c4c3)cc2)cc1. The molecule has 0 aliphatic rings. The molecule has 23 aromatic rings. The Bertz CT molecular complexity index is 7830. The molecule has 0 fully saturated rings. The van der Waals surface area contributed by atoms with Gasteiger partial charge >= 0.3 is 0 Å². The molecule has 0 saturated carbocycles. The first-order valence-electron chi connectivity index (χ1n) is 40.5. The highest BCUT2D eigenvalue weighted by atomic mass is 15.2. The van der Waals surface area contributed by atoms with Gasteiger partial charge in [0, 0.05) is 100.0 Å². The minimum absolute atomic E-state index is 1.05. The van der Waals surface area contributed by atoms with Crippen LogP contribution in [0.4, 0.5) is 34.1 Å². The van der Waals surface area contributed by atoms with Gasteiger partial charge in [0.1, 0.15) is 0 Å². The lowest BCUT2D eigenvalue weighted by Crippen LogP contribution is -2.10. The number of fused-ring (bicyclic) bond motifs is 13. The second kappa shape index (κ2) is 28.1. The average molecular weight is 1500 g/mol. The molecule has 0 aliphatic carbocycles. The topological polar surface area (TPSA) is 26.2 Å². The Morgan fingerprint density at radius 3 is 0.873 bits per heavy atom. The highest BCUT2D eigenvalue weighted by Gasteiger charge is 2.25. The molecular formula is C112H74N6. The quantitative estimate of drug-likeness (QED) is 0.102. The van der Waals surface area contributed by atoms with E-state index in [-0.39, 0.29) is 0 Å². The Labute approximate surface area is 683 Å². The maximum atomic E-state index is 2.47. The summed E-state index contributed by atoms with van der Waals surface area (Å²) in [5.74, 6) is 0. The van der Waals surface area contributed by atoms with E-state index < -0.39 is 0 Å². The number of rotatable bonds is 15. The minimum Gasteiger partial charge on any atom is -0.310 e. The van der Waals surface area contributed by atoms with Crippen LogP contribution in [0.1, 0.15) is 0 Å². The van der Waals surface area contributed by atoms with Crippen LogP contribution in [0, 0.1) is 0 Å². The van der Waals surface area contributed by atoms with Gasteiger partial charge in [-0.05, 0) is 230 Å². The smallest absolute Gasteiger partial charge is 0.0561 e. The Balaban J connectivity index is 0.638. The van der Waals surface area contributed by atoms with Crippen molar-refractivity contribution in [2.75, 3.05) is 9.80 Å². The molecule has 6 heteroatoms. The molecule has 0 radical (unpaired) electrons. The van der Waals surface area contributed by atoms with Gasteiger partial charge in [0.05, 0.1) is 44.1 Å². The van der Waals surface area contributed by atoms with Gasteiger partial charge in [0.2, 0.25) is 0 Å². The standard InChI is InChI=1S/C112H74N6/c1-6-24-75(25-7-1)78-44-53-90(54-45-78)113(95-58-63-102-98-41-19-21-43-106(98)118(111(102)73-95)94-57-48-77-28-16-17-29-80(77)66-94)92-38-23-31-82(68-92)85-50-61-100-101-62-51-86(72-110(101)117(109(100)71-85)89-36-14-5-15-37-89)83-52-65-107-104(69-83)103-64-59-96(74-112(103)116(107)88-34-12-4-13-35-88)114(91-55-46-79(47-56-91)76-26-8-2-9-27-76)93-39-22-30-81(67-93)84-49-60-99-97-40-18-20-42-105(97)115(108(99)70-84)87-32-10-3-11-33-87/h1-74H. The predicted molar refractivity (Wildman–Crippen MR) is 498 cm³/mol. The molecular weight excluding hydrogens is 1430 g/mol. The summed E-state index contributed by atoms with van der Waals surface area (Å²) < 4.78 is 9.75. The molecule has 4 heterocycles. The van der Waals surface area contributed by atoms with E-state index in [9.17, 15) is 0 Å².